The number of benzene rings is 3. The highest BCUT2D eigenvalue weighted by Crippen LogP contribution is 2.32. The second-order valence-electron chi connectivity index (χ2n) is 7.29. The van der Waals surface area contributed by atoms with Crippen molar-refractivity contribution in [1.29, 1.82) is 0 Å². The summed E-state index contributed by atoms with van der Waals surface area (Å²) in [5.74, 6) is 1.21. The van der Waals surface area contributed by atoms with E-state index < -0.39 is 0 Å². The second kappa shape index (κ2) is 8.80. The summed E-state index contributed by atoms with van der Waals surface area (Å²) in [6, 6.07) is 21.9. The first-order valence-electron chi connectivity index (χ1n) is 9.78. The number of quaternary nitrogens is 1. The van der Waals surface area contributed by atoms with Crippen LogP contribution in [-0.2, 0) is 11.3 Å². The summed E-state index contributed by atoms with van der Waals surface area (Å²) in [6.45, 7) is 1.17. The zero-order valence-corrected chi connectivity index (χ0v) is 16.7. The summed E-state index contributed by atoms with van der Waals surface area (Å²) in [5, 5.41) is 2.89. The fourth-order valence-electron chi connectivity index (χ4n) is 3.47. The van der Waals surface area contributed by atoms with E-state index in [-0.39, 0.29) is 25.0 Å². The molecule has 6 heteroatoms. The van der Waals surface area contributed by atoms with Gasteiger partial charge >= 0.3 is 0 Å². The topological polar surface area (TPSA) is 69.1 Å². The molecule has 1 atom stereocenters. The molecule has 1 aliphatic rings. The Morgan fingerprint density at radius 3 is 2.50 bits per heavy atom. The van der Waals surface area contributed by atoms with E-state index in [9.17, 15) is 9.59 Å². The maximum absolute atomic E-state index is 12.8. The molecular weight excluding hydrogens is 380 g/mol. The van der Waals surface area contributed by atoms with Crippen LogP contribution in [0.3, 0.4) is 0 Å². The van der Waals surface area contributed by atoms with Crippen molar-refractivity contribution < 1.29 is 24.0 Å². The molecule has 1 heterocycles. The van der Waals surface area contributed by atoms with Gasteiger partial charge in [-0.2, -0.15) is 0 Å². The van der Waals surface area contributed by atoms with E-state index in [2.05, 4.69) is 5.32 Å². The van der Waals surface area contributed by atoms with Crippen LogP contribution in [0.25, 0.3) is 0 Å². The maximum Gasteiger partial charge on any atom is 0.279 e. The summed E-state index contributed by atoms with van der Waals surface area (Å²) >= 11 is 0. The van der Waals surface area contributed by atoms with Gasteiger partial charge in [-0.1, -0.05) is 42.5 Å². The number of nitrogens with one attached hydrogen (secondary N) is 2. The zero-order valence-electron chi connectivity index (χ0n) is 16.7. The number of fused-ring (bicyclic) bond motifs is 1. The maximum atomic E-state index is 12.8. The molecule has 152 valence electrons. The number of ether oxygens (including phenoxy) is 2. The molecule has 4 rings (SSSR count). The highest BCUT2D eigenvalue weighted by molar-refractivity contribution is 6.13. The Hall–Kier alpha value is -3.64. The van der Waals surface area contributed by atoms with Crippen LogP contribution in [0.4, 0.5) is 5.69 Å². The fraction of sp³-hybridized carbons (Fsp3) is 0.167. The quantitative estimate of drug-likeness (QED) is 0.594. The summed E-state index contributed by atoms with van der Waals surface area (Å²) in [7, 11) is 1.95. The second-order valence-corrected chi connectivity index (χ2v) is 7.29. The van der Waals surface area contributed by atoms with Crippen LogP contribution in [0.5, 0.6) is 11.5 Å². The lowest BCUT2D eigenvalue weighted by Crippen LogP contribution is -3.08. The summed E-state index contributed by atoms with van der Waals surface area (Å²) in [4.78, 5) is 26.5. The lowest BCUT2D eigenvalue weighted by Gasteiger charge is -2.15. The van der Waals surface area contributed by atoms with Gasteiger partial charge in [0.1, 0.15) is 6.54 Å². The van der Waals surface area contributed by atoms with Gasteiger partial charge in [-0.25, -0.2) is 0 Å². The molecule has 0 radical (unpaired) electrons. The van der Waals surface area contributed by atoms with Gasteiger partial charge in [-0.15, -0.1) is 0 Å². The molecule has 1 unspecified atom stereocenters. The Morgan fingerprint density at radius 1 is 0.933 bits per heavy atom. The molecule has 1 amide bonds. The predicted octanol–water partition coefficient (Wildman–Crippen LogP) is 2.30. The molecule has 0 saturated carbocycles. The smallest absolute Gasteiger partial charge is 0.279 e. The van der Waals surface area contributed by atoms with Crippen molar-refractivity contribution in [2.24, 2.45) is 0 Å². The average molecular weight is 403 g/mol. The minimum absolute atomic E-state index is 0.118. The lowest BCUT2D eigenvalue weighted by atomic mass is 10.0. The molecule has 30 heavy (non-hydrogen) atoms. The van der Waals surface area contributed by atoms with Gasteiger partial charge in [0.2, 0.25) is 6.79 Å². The van der Waals surface area contributed by atoms with Gasteiger partial charge in [0.25, 0.3) is 5.91 Å². The van der Waals surface area contributed by atoms with Crippen LogP contribution in [0.1, 0.15) is 21.5 Å². The van der Waals surface area contributed by atoms with Crippen LogP contribution in [0.2, 0.25) is 0 Å². The standard InChI is InChI=1S/C24H22N2O4/c1-26(14-17-11-12-21-22(13-17)30-16-29-21)15-23(27)25-20-10-6-5-9-19(20)24(28)18-7-3-2-4-8-18/h2-13H,14-16H2,1H3,(H,25,27)/p+1. The molecule has 6 nitrogen and oxygen atoms in total. The molecule has 3 aromatic carbocycles. The van der Waals surface area contributed by atoms with Crippen LogP contribution < -0.4 is 19.7 Å². The number of amides is 1. The first-order valence-corrected chi connectivity index (χ1v) is 9.78. The first-order chi connectivity index (χ1) is 14.6. The van der Waals surface area contributed by atoms with E-state index in [4.69, 9.17) is 9.47 Å². The van der Waals surface area contributed by atoms with Crippen molar-refractivity contribution in [3.05, 3.63) is 89.5 Å². The molecule has 1 aliphatic heterocycles. The Kier molecular flexibility index (Phi) is 5.77. The van der Waals surface area contributed by atoms with E-state index in [1.54, 1.807) is 36.4 Å². The first kappa shape index (κ1) is 19.7. The van der Waals surface area contributed by atoms with E-state index in [0.29, 0.717) is 23.4 Å². The number of hydrogen-bond acceptors (Lipinski definition) is 4. The molecule has 3 aromatic rings. The number of ketones is 1. The van der Waals surface area contributed by atoms with E-state index in [1.165, 1.54) is 0 Å². The molecule has 0 saturated heterocycles. The van der Waals surface area contributed by atoms with Crippen LogP contribution >= 0.6 is 0 Å². The summed E-state index contributed by atoms with van der Waals surface area (Å²) in [6.07, 6.45) is 0. The third-order valence-electron chi connectivity index (χ3n) is 4.89. The summed E-state index contributed by atoms with van der Waals surface area (Å²) < 4.78 is 10.7. The number of carbonyl (C=O) groups is 2. The molecule has 0 spiro atoms. The van der Waals surface area contributed by atoms with Crippen molar-refractivity contribution in [3.63, 3.8) is 0 Å². The normalized spacial score (nSPS) is 13.0. The van der Waals surface area contributed by atoms with Crippen molar-refractivity contribution in [3.8, 4) is 11.5 Å². The minimum atomic E-state index is -0.151. The zero-order chi connectivity index (χ0) is 20.9. The molecular formula is C24H23N2O4+. The van der Waals surface area contributed by atoms with E-state index in [1.807, 2.05) is 43.4 Å². The molecule has 0 aromatic heterocycles. The highest BCUT2D eigenvalue weighted by Gasteiger charge is 2.18. The Morgan fingerprint density at radius 2 is 1.67 bits per heavy atom. The Bertz CT molecular complexity index is 1070. The molecule has 0 aliphatic carbocycles. The van der Waals surface area contributed by atoms with Crippen LogP contribution in [-0.4, -0.2) is 32.1 Å². The van der Waals surface area contributed by atoms with E-state index >= 15 is 0 Å². The third-order valence-corrected chi connectivity index (χ3v) is 4.89. The number of rotatable bonds is 7. The third kappa shape index (κ3) is 4.50. The van der Waals surface area contributed by atoms with Gasteiger partial charge in [0, 0.05) is 16.7 Å². The SMILES string of the molecule is C[NH+](CC(=O)Nc1ccccc1C(=O)c1ccccc1)Cc1ccc2c(c1)OCO2. The molecule has 2 N–H and O–H groups in total. The Labute approximate surface area is 175 Å². The molecule has 0 fully saturated rings. The highest BCUT2D eigenvalue weighted by atomic mass is 16.7. The van der Waals surface area contributed by atoms with Gasteiger partial charge in [-0.05, 0) is 30.3 Å². The lowest BCUT2D eigenvalue weighted by molar-refractivity contribution is -0.885. The van der Waals surface area contributed by atoms with E-state index in [0.717, 1.165) is 22.0 Å². The largest absolute Gasteiger partial charge is 0.454 e. The van der Waals surface area contributed by atoms with Crippen LogP contribution in [0.15, 0.2) is 72.8 Å². The summed E-state index contributed by atoms with van der Waals surface area (Å²) in [5.41, 5.74) is 2.65. The van der Waals surface area contributed by atoms with Crippen LogP contribution in [0, 0.1) is 0 Å². The number of likely N-dealkylation sites (N-methyl/N-ethyl adjacent to an activating group) is 1. The van der Waals surface area contributed by atoms with Crippen molar-refractivity contribution in [1.82, 2.24) is 0 Å². The van der Waals surface area contributed by atoms with Gasteiger partial charge in [0.05, 0.1) is 12.7 Å². The number of hydrogen-bond donors (Lipinski definition) is 2. The van der Waals surface area contributed by atoms with Gasteiger partial charge in [-0.3, -0.25) is 9.59 Å². The minimum Gasteiger partial charge on any atom is -0.454 e. The molecule has 0 bridgehead atoms. The fourth-order valence-corrected chi connectivity index (χ4v) is 3.47. The number of para-hydroxylation sites is 1. The van der Waals surface area contributed by atoms with Crippen molar-refractivity contribution in [2.75, 3.05) is 25.7 Å². The Balaban J connectivity index is 1.40. The number of anilines is 1. The van der Waals surface area contributed by atoms with Crippen molar-refractivity contribution >= 4 is 17.4 Å². The predicted molar refractivity (Wildman–Crippen MR) is 113 cm³/mol. The average Bonchev–Trinajstić information content (AvgIpc) is 3.22. The van der Waals surface area contributed by atoms with Gasteiger partial charge in [0.15, 0.2) is 23.8 Å². The monoisotopic (exact) mass is 403 g/mol. The van der Waals surface area contributed by atoms with Crippen molar-refractivity contribution in [2.45, 2.75) is 6.54 Å². The number of carbonyl (C=O) groups excluding carboxylic acids is 2. The van der Waals surface area contributed by atoms with Gasteiger partial charge < -0.3 is 19.7 Å².